The van der Waals surface area contributed by atoms with Crippen LogP contribution in [0.5, 0.6) is 0 Å². The monoisotopic (exact) mass is 545 g/mol. The number of aromatic nitrogens is 7. The van der Waals surface area contributed by atoms with Gasteiger partial charge in [-0.1, -0.05) is 6.92 Å². The first-order valence-electron chi connectivity index (χ1n) is 12.0. The number of hydrogen-bond acceptors (Lipinski definition) is 8. The molecule has 1 aliphatic rings. The lowest BCUT2D eigenvalue weighted by Gasteiger charge is -2.24. The van der Waals surface area contributed by atoms with E-state index < -0.39 is 24.0 Å². The van der Waals surface area contributed by atoms with Crippen molar-refractivity contribution in [3.05, 3.63) is 47.9 Å². The van der Waals surface area contributed by atoms with Gasteiger partial charge in [0.25, 0.3) is 5.91 Å². The highest BCUT2D eigenvalue weighted by Crippen LogP contribution is 2.39. The minimum absolute atomic E-state index is 0.178. The third-order valence-electron chi connectivity index (χ3n) is 6.64. The van der Waals surface area contributed by atoms with E-state index in [-0.39, 0.29) is 17.3 Å². The van der Waals surface area contributed by atoms with Crippen LogP contribution in [-0.4, -0.2) is 60.5 Å². The van der Waals surface area contributed by atoms with Crippen molar-refractivity contribution in [3.63, 3.8) is 0 Å². The van der Waals surface area contributed by atoms with Crippen LogP contribution in [0.4, 0.5) is 24.7 Å². The summed E-state index contributed by atoms with van der Waals surface area (Å²) in [6, 6.07) is 0.746. The normalized spacial score (nSPS) is 15.3. The number of amides is 1. The molecule has 14 heteroatoms. The molecular weight excluding hydrogens is 519 g/mol. The minimum atomic E-state index is -4.37. The number of pyridine rings is 1. The second-order valence-electron chi connectivity index (χ2n) is 9.56. The molecule has 1 N–H and O–H groups in total. The van der Waals surface area contributed by atoms with Gasteiger partial charge in [0.15, 0.2) is 10.8 Å². The van der Waals surface area contributed by atoms with Crippen LogP contribution in [0.15, 0.2) is 36.5 Å². The average Bonchev–Trinajstić information content (AvgIpc) is 3.26. The number of anilines is 2. The van der Waals surface area contributed by atoms with Crippen molar-refractivity contribution >= 4 is 28.7 Å². The number of hydrogen-bond donors (Lipinski definition) is 1. The van der Waals surface area contributed by atoms with E-state index in [1.54, 1.807) is 24.0 Å². The fraction of sp³-hybridized carbons (Fsp3) is 0.417. The molecule has 4 aromatic rings. The Labute approximate surface area is 220 Å². The molecule has 10 nitrogen and oxygen atoms in total. The van der Waals surface area contributed by atoms with E-state index in [1.165, 1.54) is 17.8 Å². The third-order valence-corrected chi connectivity index (χ3v) is 7.48. The highest BCUT2D eigenvalue weighted by atomic mass is 32.1. The van der Waals surface area contributed by atoms with Gasteiger partial charge >= 0.3 is 6.18 Å². The van der Waals surface area contributed by atoms with Crippen molar-refractivity contribution in [1.82, 2.24) is 34.3 Å². The van der Waals surface area contributed by atoms with Crippen molar-refractivity contribution in [2.75, 3.05) is 24.3 Å². The van der Waals surface area contributed by atoms with Gasteiger partial charge in [0.05, 0.1) is 35.5 Å². The lowest BCUT2D eigenvalue weighted by Crippen LogP contribution is -2.28. The molecule has 0 radical (unpaired) electrons. The summed E-state index contributed by atoms with van der Waals surface area (Å²) in [6.07, 6.45) is 4.49. The molecule has 1 amide bonds. The Morgan fingerprint density at radius 1 is 1.21 bits per heavy atom. The van der Waals surface area contributed by atoms with E-state index in [4.69, 9.17) is 0 Å². The van der Waals surface area contributed by atoms with E-state index >= 15 is 0 Å². The molecule has 0 aliphatic heterocycles. The van der Waals surface area contributed by atoms with Gasteiger partial charge in [0.1, 0.15) is 17.8 Å². The molecular formula is C24H26F3N9OS. The second kappa shape index (κ2) is 9.82. The molecule has 0 aromatic carbocycles. The molecule has 1 fully saturated rings. The molecule has 2 atom stereocenters. The van der Waals surface area contributed by atoms with Crippen molar-refractivity contribution in [1.29, 1.82) is 0 Å². The van der Waals surface area contributed by atoms with E-state index in [1.807, 2.05) is 29.8 Å². The smallest absolute Gasteiger partial charge is 0.375 e. The Morgan fingerprint density at radius 2 is 1.97 bits per heavy atom. The molecule has 4 heterocycles. The quantitative estimate of drug-likeness (QED) is 0.334. The predicted octanol–water partition coefficient (Wildman–Crippen LogP) is 4.94. The summed E-state index contributed by atoms with van der Waals surface area (Å²) in [4.78, 5) is 28.2. The fourth-order valence-electron chi connectivity index (χ4n) is 4.00. The molecule has 0 saturated heterocycles. The number of carbonyl (C=O) groups is 1. The van der Waals surface area contributed by atoms with E-state index in [0.29, 0.717) is 10.9 Å². The molecule has 38 heavy (non-hydrogen) atoms. The Morgan fingerprint density at radius 3 is 2.66 bits per heavy atom. The van der Waals surface area contributed by atoms with Crippen LogP contribution >= 0.6 is 11.3 Å². The Bertz CT molecular complexity index is 1450. The number of halogens is 3. The largest absolute Gasteiger partial charge is 0.393 e. The van der Waals surface area contributed by atoms with Crippen LogP contribution in [-0.2, 0) is 0 Å². The molecule has 4 aromatic heterocycles. The van der Waals surface area contributed by atoms with Crippen LogP contribution < -0.4 is 10.2 Å². The van der Waals surface area contributed by atoms with Gasteiger partial charge in [0, 0.05) is 37.6 Å². The lowest BCUT2D eigenvalue weighted by atomic mass is 10.0. The molecule has 1 saturated carbocycles. The van der Waals surface area contributed by atoms with Crippen LogP contribution in [0.1, 0.15) is 54.8 Å². The third kappa shape index (κ3) is 5.12. The summed E-state index contributed by atoms with van der Waals surface area (Å²) in [6.45, 7) is 2.57. The number of alkyl halides is 3. The maximum Gasteiger partial charge on any atom is 0.393 e. The predicted molar refractivity (Wildman–Crippen MR) is 137 cm³/mol. The Hall–Kier alpha value is -3.81. The standard InChI is InChI=1S/C24H26F3N9OS/c1-13(24(25,26)27)14(2)36-12-30-33-21(36)23-32-20(10-38-23)31-22(37)16-7-18(19(8-28-16)34(3)4)35-9-17(29-11-35)15-5-6-15/h7-15H,5-6H2,1-4H3,(H,31,37). The van der Waals surface area contributed by atoms with E-state index in [0.717, 1.165) is 48.2 Å². The molecule has 2 unspecified atom stereocenters. The first-order chi connectivity index (χ1) is 18.0. The number of nitrogens with one attached hydrogen (secondary N) is 1. The van der Waals surface area contributed by atoms with Crippen molar-refractivity contribution in [2.45, 2.75) is 44.8 Å². The second-order valence-corrected chi connectivity index (χ2v) is 10.4. The van der Waals surface area contributed by atoms with Gasteiger partial charge in [-0.3, -0.25) is 4.79 Å². The van der Waals surface area contributed by atoms with Gasteiger partial charge < -0.3 is 19.4 Å². The zero-order chi connectivity index (χ0) is 27.2. The maximum atomic E-state index is 13.3. The van der Waals surface area contributed by atoms with Gasteiger partial charge in [-0.15, -0.1) is 21.5 Å². The zero-order valence-electron chi connectivity index (χ0n) is 21.1. The summed E-state index contributed by atoms with van der Waals surface area (Å²) in [5.41, 5.74) is 2.78. The number of thiazole rings is 1. The van der Waals surface area contributed by atoms with E-state index in [9.17, 15) is 18.0 Å². The minimum Gasteiger partial charge on any atom is -0.375 e. The first-order valence-corrected chi connectivity index (χ1v) is 12.9. The van der Waals surface area contributed by atoms with Gasteiger partial charge in [-0.05, 0) is 25.8 Å². The summed E-state index contributed by atoms with van der Waals surface area (Å²) >= 11 is 1.14. The van der Waals surface area contributed by atoms with Crippen LogP contribution in [0.2, 0.25) is 0 Å². The molecule has 1 aliphatic carbocycles. The summed E-state index contributed by atoms with van der Waals surface area (Å²) in [5.74, 6) is -1.16. The van der Waals surface area contributed by atoms with Gasteiger partial charge in [-0.25, -0.2) is 15.0 Å². The summed E-state index contributed by atoms with van der Waals surface area (Å²) in [5, 5.41) is 12.4. The number of rotatable bonds is 8. The first kappa shape index (κ1) is 25.8. The topological polar surface area (TPSA) is 107 Å². The SMILES string of the molecule is CC(C(C)C(F)(F)F)n1cnnc1-c1nc(NC(=O)c2cc(-n3cnc(C4CC4)c3)c(N(C)C)cn2)cs1. The lowest BCUT2D eigenvalue weighted by molar-refractivity contribution is -0.179. The van der Waals surface area contributed by atoms with Crippen molar-refractivity contribution in [2.24, 2.45) is 5.92 Å². The fourth-order valence-corrected chi connectivity index (χ4v) is 4.73. The number of nitrogens with zero attached hydrogens (tertiary/aromatic N) is 8. The molecule has 200 valence electrons. The van der Waals surface area contributed by atoms with Crippen molar-refractivity contribution < 1.29 is 18.0 Å². The Balaban J connectivity index is 1.36. The van der Waals surface area contributed by atoms with Crippen LogP contribution in [0.25, 0.3) is 16.5 Å². The number of carbonyl (C=O) groups excluding carboxylic acids is 1. The Kier molecular flexibility index (Phi) is 6.67. The summed E-state index contributed by atoms with van der Waals surface area (Å²) < 4.78 is 43.0. The highest BCUT2D eigenvalue weighted by molar-refractivity contribution is 7.13. The molecule has 0 bridgehead atoms. The average molecular weight is 546 g/mol. The van der Waals surface area contributed by atoms with Crippen LogP contribution in [0, 0.1) is 5.92 Å². The molecule has 5 rings (SSSR count). The summed E-state index contributed by atoms with van der Waals surface area (Å²) in [7, 11) is 3.79. The van der Waals surface area contributed by atoms with Crippen LogP contribution in [0.3, 0.4) is 0 Å². The zero-order valence-corrected chi connectivity index (χ0v) is 22.0. The molecule has 0 spiro atoms. The van der Waals surface area contributed by atoms with Crippen molar-refractivity contribution in [3.8, 4) is 16.5 Å². The highest BCUT2D eigenvalue weighted by Gasteiger charge is 2.41. The number of imidazole rings is 1. The maximum absolute atomic E-state index is 13.3. The van der Waals surface area contributed by atoms with Gasteiger partial charge in [-0.2, -0.15) is 13.2 Å². The van der Waals surface area contributed by atoms with Gasteiger partial charge in [0.2, 0.25) is 0 Å². The van der Waals surface area contributed by atoms with E-state index in [2.05, 4.69) is 30.5 Å².